The summed E-state index contributed by atoms with van der Waals surface area (Å²) in [5, 5.41) is 0. The number of hydrogen-bond acceptors (Lipinski definition) is 4. The molecule has 7 heteroatoms. The summed E-state index contributed by atoms with van der Waals surface area (Å²) in [5.74, 6) is -0.683. The van der Waals surface area contributed by atoms with Gasteiger partial charge in [0.15, 0.2) is 5.82 Å². The van der Waals surface area contributed by atoms with Crippen molar-refractivity contribution >= 4 is 33.8 Å². The average Bonchev–Trinajstić information content (AvgIpc) is 2.36. The Kier molecular flexibility index (Phi) is 6.27. The third kappa shape index (κ3) is 5.70. The summed E-state index contributed by atoms with van der Waals surface area (Å²) in [7, 11) is 0. The van der Waals surface area contributed by atoms with Crippen molar-refractivity contribution in [3.8, 4) is 0 Å². The molecule has 0 aliphatic carbocycles. The van der Waals surface area contributed by atoms with Crippen LogP contribution in [-0.4, -0.2) is 23.4 Å². The van der Waals surface area contributed by atoms with E-state index in [1.54, 1.807) is 61.5 Å². The van der Waals surface area contributed by atoms with Crippen molar-refractivity contribution in [2.75, 3.05) is 4.90 Å². The lowest BCUT2D eigenvalue weighted by Gasteiger charge is -2.30. The average molecular weight is 418 g/mol. The molecule has 0 N–H and O–H groups in total. The predicted octanol–water partition coefficient (Wildman–Crippen LogP) is 5.88. The number of rotatable bonds is 1. The maximum Gasteiger partial charge on any atom is 0.424 e. The zero-order valence-corrected chi connectivity index (χ0v) is 17.5. The molecule has 2 amide bonds. The Hall–Kier alpha value is -1.63. The Morgan fingerprint density at radius 1 is 1.00 bits per heavy atom. The SMILES string of the molecule is Cc1cc(Br)c(C)c(N(C(=O)OC(C)(C)C)C(=O)OC(C)(C)C)c1F. The third-order valence-corrected chi connectivity index (χ3v) is 3.81. The molecular formula is C18H25BrFNO4. The van der Waals surface area contributed by atoms with E-state index in [1.807, 2.05) is 0 Å². The van der Waals surface area contributed by atoms with E-state index in [4.69, 9.17) is 9.47 Å². The molecule has 0 aromatic heterocycles. The van der Waals surface area contributed by atoms with Crippen LogP contribution in [-0.2, 0) is 9.47 Å². The fraction of sp³-hybridized carbons (Fsp3) is 0.556. The zero-order chi connectivity index (χ0) is 19.7. The van der Waals surface area contributed by atoms with Crippen LogP contribution < -0.4 is 4.90 Å². The van der Waals surface area contributed by atoms with Gasteiger partial charge in [0.25, 0.3) is 0 Å². The van der Waals surface area contributed by atoms with Crippen LogP contribution in [0.3, 0.4) is 0 Å². The van der Waals surface area contributed by atoms with Gasteiger partial charge in [0.2, 0.25) is 0 Å². The van der Waals surface area contributed by atoms with Crippen molar-refractivity contribution in [3.63, 3.8) is 0 Å². The number of benzene rings is 1. The molecule has 0 atom stereocenters. The highest BCUT2D eigenvalue weighted by molar-refractivity contribution is 9.10. The first-order valence-corrected chi connectivity index (χ1v) is 8.64. The second-order valence-electron chi connectivity index (χ2n) is 7.76. The molecule has 0 radical (unpaired) electrons. The van der Waals surface area contributed by atoms with Gasteiger partial charge in [-0.1, -0.05) is 15.9 Å². The molecule has 0 aliphatic rings. The predicted molar refractivity (Wildman–Crippen MR) is 98.5 cm³/mol. The lowest BCUT2D eigenvalue weighted by atomic mass is 10.1. The maximum absolute atomic E-state index is 14.8. The number of carbonyl (C=O) groups excluding carboxylic acids is 2. The standard InChI is InChI=1S/C18H25BrFNO4/c1-10-9-12(19)11(2)14(13(10)20)21(15(22)24-17(3,4)5)16(23)25-18(6,7)8/h9H,1-8H3. The van der Waals surface area contributed by atoms with Crippen LogP contribution in [0.15, 0.2) is 10.5 Å². The summed E-state index contributed by atoms with van der Waals surface area (Å²) < 4.78 is 25.9. The van der Waals surface area contributed by atoms with E-state index in [0.29, 0.717) is 14.9 Å². The number of ether oxygens (including phenoxy) is 2. The highest BCUT2D eigenvalue weighted by atomic mass is 79.9. The molecule has 0 bridgehead atoms. The Balaban J connectivity index is 3.53. The van der Waals surface area contributed by atoms with Crippen LogP contribution in [0.1, 0.15) is 52.7 Å². The fourth-order valence-corrected chi connectivity index (χ4v) is 2.50. The molecule has 0 heterocycles. The molecule has 0 saturated heterocycles. The second kappa shape index (κ2) is 7.32. The molecule has 0 spiro atoms. The lowest BCUT2D eigenvalue weighted by molar-refractivity contribution is 0.0428. The first-order valence-electron chi connectivity index (χ1n) is 7.85. The minimum absolute atomic E-state index is 0.185. The van der Waals surface area contributed by atoms with Gasteiger partial charge in [-0.25, -0.2) is 14.0 Å². The quantitative estimate of drug-likeness (QED) is 0.572. The fourth-order valence-electron chi connectivity index (χ4n) is 1.96. The van der Waals surface area contributed by atoms with Gasteiger partial charge in [0, 0.05) is 4.47 Å². The molecule has 5 nitrogen and oxygen atoms in total. The molecule has 0 saturated carbocycles. The molecular weight excluding hydrogens is 393 g/mol. The van der Waals surface area contributed by atoms with Gasteiger partial charge in [-0.15, -0.1) is 0 Å². The van der Waals surface area contributed by atoms with Gasteiger partial charge in [-0.3, -0.25) is 0 Å². The highest BCUT2D eigenvalue weighted by Crippen LogP contribution is 2.34. The topological polar surface area (TPSA) is 55.8 Å². The van der Waals surface area contributed by atoms with Crippen LogP contribution in [0.2, 0.25) is 0 Å². The van der Waals surface area contributed by atoms with Crippen molar-refractivity contribution < 1.29 is 23.5 Å². The van der Waals surface area contributed by atoms with Crippen molar-refractivity contribution in [1.82, 2.24) is 0 Å². The van der Waals surface area contributed by atoms with E-state index in [-0.39, 0.29) is 11.3 Å². The minimum Gasteiger partial charge on any atom is -0.443 e. The first-order chi connectivity index (χ1) is 11.1. The number of nitrogens with zero attached hydrogens (tertiary/aromatic N) is 1. The number of aryl methyl sites for hydroxylation is 1. The molecule has 0 unspecified atom stereocenters. The van der Waals surface area contributed by atoms with E-state index in [2.05, 4.69) is 15.9 Å². The van der Waals surface area contributed by atoms with Gasteiger partial charge >= 0.3 is 12.2 Å². The van der Waals surface area contributed by atoms with E-state index in [9.17, 15) is 14.0 Å². The highest BCUT2D eigenvalue weighted by Gasteiger charge is 2.36. The van der Waals surface area contributed by atoms with Gasteiger partial charge < -0.3 is 9.47 Å². The summed E-state index contributed by atoms with van der Waals surface area (Å²) in [6, 6.07) is 1.58. The van der Waals surface area contributed by atoms with Crippen molar-refractivity contribution in [2.45, 2.75) is 66.6 Å². The van der Waals surface area contributed by atoms with Crippen molar-refractivity contribution in [3.05, 3.63) is 27.5 Å². The Morgan fingerprint density at radius 2 is 1.40 bits per heavy atom. The number of anilines is 1. The van der Waals surface area contributed by atoms with Gasteiger partial charge in [0.05, 0.1) is 5.69 Å². The normalized spacial score (nSPS) is 11.9. The summed E-state index contributed by atoms with van der Waals surface area (Å²) >= 11 is 3.32. The summed E-state index contributed by atoms with van der Waals surface area (Å²) in [4.78, 5) is 25.9. The zero-order valence-electron chi connectivity index (χ0n) is 15.9. The molecule has 25 heavy (non-hydrogen) atoms. The van der Waals surface area contributed by atoms with Gasteiger partial charge in [-0.05, 0) is 72.6 Å². The van der Waals surface area contributed by atoms with E-state index < -0.39 is 29.2 Å². The number of halogens is 2. The third-order valence-electron chi connectivity index (χ3n) is 2.99. The number of amides is 2. The number of imide groups is 1. The Bertz CT molecular complexity index is 636. The maximum atomic E-state index is 14.8. The van der Waals surface area contributed by atoms with Crippen molar-refractivity contribution in [1.29, 1.82) is 0 Å². The largest absolute Gasteiger partial charge is 0.443 e. The summed E-state index contributed by atoms with van der Waals surface area (Å²) in [6.07, 6.45) is -2.00. The van der Waals surface area contributed by atoms with E-state index >= 15 is 0 Å². The monoisotopic (exact) mass is 417 g/mol. The molecule has 140 valence electrons. The first kappa shape index (κ1) is 21.4. The van der Waals surface area contributed by atoms with Crippen LogP contribution in [0.5, 0.6) is 0 Å². The van der Waals surface area contributed by atoms with Gasteiger partial charge in [-0.2, -0.15) is 4.90 Å². The summed E-state index contributed by atoms with van der Waals surface area (Å²) in [5.41, 5.74) is -1.23. The van der Waals surface area contributed by atoms with Crippen LogP contribution >= 0.6 is 15.9 Å². The molecule has 1 rings (SSSR count). The van der Waals surface area contributed by atoms with Gasteiger partial charge in [0.1, 0.15) is 11.2 Å². The second-order valence-corrected chi connectivity index (χ2v) is 8.61. The van der Waals surface area contributed by atoms with Crippen molar-refractivity contribution in [2.24, 2.45) is 0 Å². The molecule has 0 aliphatic heterocycles. The smallest absolute Gasteiger partial charge is 0.424 e. The van der Waals surface area contributed by atoms with Crippen LogP contribution in [0.4, 0.5) is 19.7 Å². The summed E-state index contributed by atoms with van der Waals surface area (Å²) in [6.45, 7) is 13.1. The molecule has 1 aromatic carbocycles. The molecule has 0 fully saturated rings. The Morgan fingerprint density at radius 3 is 1.76 bits per heavy atom. The number of hydrogen-bond donors (Lipinski definition) is 0. The van der Waals surface area contributed by atoms with E-state index in [1.165, 1.54) is 0 Å². The minimum atomic E-state index is -0.999. The Labute approximate surface area is 156 Å². The number of carbonyl (C=O) groups is 2. The van der Waals surface area contributed by atoms with Crippen LogP contribution in [0, 0.1) is 19.7 Å². The van der Waals surface area contributed by atoms with E-state index in [0.717, 1.165) is 0 Å². The lowest BCUT2D eigenvalue weighted by Crippen LogP contribution is -2.44. The van der Waals surface area contributed by atoms with Crippen LogP contribution in [0.25, 0.3) is 0 Å². The molecule has 1 aromatic rings.